The normalized spacial score (nSPS) is 14.6. The number of likely N-dealkylation sites (tertiary alicyclic amines) is 1. The molecule has 1 saturated heterocycles. The van der Waals surface area contributed by atoms with Gasteiger partial charge in [0.25, 0.3) is 0 Å². The Balaban J connectivity index is 1.26. The predicted octanol–water partition coefficient (Wildman–Crippen LogP) is 4.15. The predicted molar refractivity (Wildman–Crippen MR) is 116 cm³/mol. The van der Waals surface area contributed by atoms with Crippen molar-refractivity contribution < 1.29 is 14.0 Å². The van der Waals surface area contributed by atoms with Crippen molar-refractivity contribution in [3.05, 3.63) is 64.5 Å². The average Bonchev–Trinajstić information content (AvgIpc) is 3.45. The van der Waals surface area contributed by atoms with Crippen LogP contribution in [-0.2, 0) is 22.6 Å². The molecule has 0 saturated carbocycles. The van der Waals surface area contributed by atoms with Gasteiger partial charge in [-0.15, -0.1) is 11.3 Å². The zero-order chi connectivity index (χ0) is 20.9. The van der Waals surface area contributed by atoms with E-state index >= 15 is 0 Å². The fraction of sp³-hybridized carbons (Fsp3) is 0.318. The van der Waals surface area contributed by atoms with Crippen LogP contribution in [0.25, 0.3) is 10.6 Å². The van der Waals surface area contributed by atoms with Crippen molar-refractivity contribution in [2.45, 2.75) is 25.8 Å². The van der Waals surface area contributed by atoms with Gasteiger partial charge in [0, 0.05) is 30.0 Å². The van der Waals surface area contributed by atoms with Gasteiger partial charge in [-0.1, -0.05) is 29.8 Å². The van der Waals surface area contributed by atoms with Gasteiger partial charge < -0.3 is 14.6 Å². The number of thiazole rings is 1. The number of carbonyl (C=O) groups is 2. The minimum Gasteiger partial charge on any atom is -0.467 e. The molecule has 1 N–H and O–H groups in total. The molecule has 6 nitrogen and oxygen atoms in total. The summed E-state index contributed by atoms with van der Waals surface area (Å²) in [6.07, 6.45) is 3.18. The number of nitrogens with one attached hydrogen (secondary N) is 1. The van der Waals surface area contributed by atoms with Gasteiger partial charge >= 0.3 is 0 Å². The molecule has 3 heterocycles. The lowest BCUT2D eigenvalue weighted by atomic mass is 9.95. The SMILES string of the molecule is O=C(NCc1ccco1)C1CCN(C(=O)Cc2csc(-c3ccccc3Cl)n2)CC1. The Morgan fingerprint density at radius 3 is 2.73 bits per heavy atom. The number of furan rings is 1. The molecule has 0 aliphatic carbocycles. The first-order valence-electron chi connectivity index (χ1n) is 9.87. The maximum absolute atomic E-state index is 12.7. The van der Waals surface area contributed by atoms with Crippen LogP contribution in [0.4, 0.5) is 0 Å². The summed E-state index contributed by atoms with van der Waals surface area (Å²) in [5.74, 6) is 0.716. The third-order valence-electron chi connectivity index (χ3n) is 5.22. The molecule has 1 fully saturated rings. The third-order valence-corrected chi connectivity index (χ3v) is 6.48. The summed E-state index contributed by atoms with van der Waals surface area (Å²) < 4.78 is 5.23. The Hall–Kier alpha value is -2.64. The first-order chi connectivity index (χ1) is 14.6. The van der Waals surface area contributed by atoms with Crippen LogP contribution >= 0.6 is 22.9 Å². The number of amides is 2. The van der Waals surface area contributed by atoms with E-state index in [1.54, 1.807) is 12.3 Å². The van der Waals surface area contributed by atoms with Crippen molar-refractivity contribution in [3.8, 4) is 10.6 Å². The fourth-order valence-electron chi connectivity index (χ4n) is 3.54. The molecule has 0 radical (unpaired) electrons. The molecule has 2 amide bonds. The smallest absolute Gasteiger partial charge is 0.228 e. The summed E-state index contributed by atoms with van der Waals surface area (Å²) in [4.78, 5) is 31.4. The number of carbonyl (C=O) groups excluding carboxylic acids is 2. The number of rotatable bonds is 6. The molecule has 0 spiro atoms. The summed E-state index contributed by atoms with van der Waals surface area (Å²) >= 11 is 7.73. The van der Waals surface area contributed by atoms with E-state index in [0.29, 0.717) is 37.5 Å². The monoisotopic (exact) mass is 443 g/mol. The van der Waals surface area contributed by atoms with Crippen molar-refractivity contribution in [2.75, 3.05) is 13.1 Å². The van der Waals surface area contributed by atoms with Crippen LogP contribution < -0.4 is 5.32 Å². The lowest BCUT2D eigenvalue weighted by Gasteiger charge is -2.31. The van der Waals surface area contributed by atoms with Gasteiger partial charge in [0.1, 0.15) is 10.8 Å². The first-order valence-corrected chi connectivity index (χ1v) is 11.1. The van der Waals surface area contributed by atoms with Crippen molar-refractivity contribution >= 4 is 34.8 Å². The van der Waals surface area contributed by atoms with Crippen molar-refractivity contribution in [1.29, 1.82) is 0 Å². The molecular formula is C22H22ClN3O3S. The topological polar surface area (TPSA) is 75.4 Å². The van der Waals surface area contributed by atoms with E-state index in [1.807, 2.05) is 40.6 Å². The van der Waals surface area contributed by atoms with E-state index < -0.39 is 0 Å². The maximum Gasteiger partial charge on any atom is 0.228 e. The van der Waals surface area contributed by atoms with Crippen LogP contribution in [-0.4, -0.2) is 34.8 Å². The number of piperidine rings is 1. The van der Waals surface area contributed by atoms with Crippen LogP contribution in [0.2, 0.25) is 5.02 Å². The summed E-state index contributed by atoms with van der Waals surface area (Å²) in [7, 11) is 0. The molecule has 0 unspecified atom stereocenters. The van der Waals surface area contributed by atoms with Crippen molar-refractivity contribution in [1.82, 2.24) is 15.2 Å². The highest BCUT2D eigenvalue weighted by atomic mass is 35.5. The molecule has 1 aromatic carbocycles. The molecule has 156 valence electrons. The zero-order valence-electron chi connectivity index (χ0n) is 16.3. The zero-order valence-corrected chi connectivity index (χ0v) is 17.9. The second-order valence-electron chi connectivity index (χ2n) is 7.25. The molecule has 4 rings (SSSR count). The summed E-state index contributed by atoms with van der Waals surface area (Å²) in [6, 6.07) is 11.2. The Bertz CT molecular complexity index is 1010. The van der Waals surface area contributed by atoms with Gasteiger partial charge in [-0.25, -0.2) is 4.98 Å². The summed E-state index contributed by atoms with van der Waals surface area (Å²) in [5.41, 5.74) is 1.63. The van der Waals surface area contributed by atoms with E-state index in [1.165, 1.54) is 11.3 Å². The molecule has 2 aromatic heterocycles. The van der Waals surface area contributed by atoms with Crippen LogP contribution in [0.1, 0.15) is 24.3 Å². The number of aromatic nitrogens is 1. The van der Waals surface area contributed by atoms with Gasteiger partial charge in [0.05, 0.1) is 29.9 Å². The van der Waals surface area contributed by atoms with E-state index in [2.05, 4.69) is 10.3 Å². The van der Waals surface area contributed by atoms with E-state index in [-0.39, 0.29) is 24.2 Å². The van der Waals surface area contributed by atoms with Crippen LogP contribution in [0.3, 0.4) is 0 Å². The minimum atomic E-state index is -0.0740. The second-order valence-corrected chi connectivity index (χ2v) is 8.52. The number of nitrogens with zero attached hydrogens (tertiary/aromatic N) is 2. The van der Waals surface area contributed by atoms with E-state index in [4.69, 9.17) is 16.0 Å². The highest BCUT2D eigenvalue weighted by Crippen LogP contribution is 2.30. The molecule has 1 aliphatic heterocycles. The van der Waals surface area contributed by atoms with Crippen LogP contribution in [0, 0.1) is 5.92 Å². The molecule has 0 atom stereocenters. The maximum atomic E-state index is 12.7. The third kappa shape index (κ3) is 4.91. The molecule has 3 aromatic rings. The second kappa shape index (κ2) is 9.45. The number of benzene rings is 1. The standard InChI is InChI=1S/C22H22ClN3O3S/c23-19-6-2-1-5-18(19)22-25-16(14-30-22)12-20(27)26-9-7-15(8-10-26)21(28)24-13-17-4-3-11-29-17/h1-6,11,14-15H,7-10,12-13H2,(H,24,28). The summed E-state index contributed by atoms with van der Waals surface area (Å²) in [6.45, 7) is 1.56. The Morgan fingerprint density at radius 1 is 1.20 bits per heavy atom. The molecule has 1 aliphatic rings. The minimum absolute atomic E-state index is 0.0161. The van der Waals surface area contributed by atoms with Crippen molar-refractivity contribution in [2.24, 2.45) is 5.92 Å². The number of hydrogen-bond acceptors (Lipinski definition) is 5. The molecular weight excluding hydrogens is 422 g/mol. The first kappa shape index (κ1) is 20.6. The lowest BCUT2D eigenvalue weighted by molar-refractivity contribution is -0.135. The quantitative estimate of drug-likeness (QED) is 0.620. The fourth-order valence-corrected chi connectivity index (χ4v) is 4.68. The van der Waals surface area contributed by atoms with Gasteiger partial charge in [0.2, 0.25) is 11.8 Å². The Kier molecular flexibility index (Phi) is 6.50. The highest BCUT2D eigenvalue weighted by Gasteiger charge is 2.27. The number of hydrogen-bond donors (Lipinski definition) is 1. The van der Waals surface area contributed by atoms with E-state index in [9.17, 15) is 9.59 Å². The molecule has 8 heteroatoms. The lowest BCUT2D eigenvalue weighted by Crippen LogP contribution is -2.43. The van der Waals surface area contributed by atoms with Crippen molar-refractivity contribution in [3.63, 3.8) is 0 Å². The largest absolute Gasteiger partial charge is 0.467 e. The van der Waals surface area contributed by atoms with Crippen LogP contribution in [0.15, 0.2) is 52.5 Å². The van der Waals surface area contributed by atoms with E-state index in [0.717, 1.165) is 22.0 Å². The summed E-state index contributed by atoms with van der Waals surface area (Å²) in [5, 5.41) is 6.28. The Morgan fingerprint density at radius 2 is 2.00 bits per heavy atom. The highest BCUT2D eigenvalue weighted by molar-refractivity contribution is 7.13. The molecule has 0 bridgehead atoms. The van der Waals surface area contributed by atoms with Gasteiger partial charge in [0.15, 0.2) is 0 Å². The average molecular weight is 444 g/mol. The van der Waals surface area contributed by atoms with Gasteiger partial charge in [-0.2, -0.15) is 0 Å². The molecule has 30 heavy (non-hydrogen) atoms. The van der Waals surface area contributed by atoms with Gasteiger partial charge in [-0.3, -0.25) is 9.59 Å². The Labute approximate surface area is 183 Å². The van der Waals surface area contributed by atoms with Crippen LogP contribution in [0.5, 0.6) is 0 Å². The van der Waals surface area contributed by atoms with Gasteiger partial charge in [-0.05, 0) is 31.0 Å². The number of halogens is 1.